The summed E-state index contributed by atoms with van der Waals surface area (Å²) < 4.78 is 0. The van der Waals surface area contributed by atoms with Gasteiger partial charge in [0.1, 0.15) is 0 Å². The van der Waals surface area contributed by atoms with Crippen LogP contribution in [0.4, 0.5) is 0 Å². The third-order valence-corrected chi connectivity index (χ3v) is 4.71. The molecular weight excluding hydrogens is 290 g/mol. The molecular formula is C19H27NO3. The molecule has 126 valence electrons. The molecule has 0 heterocycles. The lowest BCUT2D eigenvalue weighted by Crippen LogP contribution is -2.42. The number of benzene rings is 1. The Morgan fingerprint density at radius 3 is 2.39 bits per heavy atom. The number of hydrogen-bond donors (Lipinski definition) is 1. The lowest BCUT2D eigenvalue weighted by Gasteiger charge is -2.33. The van der Waals surface area contributed by atoms with Crippen LogP contribution in [0.1, 0.15) is 51.0 Å². The minimum Gasteiger partial charge on any atom is -0.481 e. The van der Waals surface area contributed by atoms with E-state index in [4.69, 9.17) is 0 Å². The van der Waals surface area contributed by atoms with Gasteiger partial charge in [0.15, 0.2) is 0 Å². The molecule has 2 rings (SSSR count). The van der Waals surface area contributed by atoms with Crippen LogP contribution in [0.5, 0.6) is 0 Å². The number of nitrogens with zero attached hydrogens (tertiary/aromatic N) is 1. The zero-order valence-corrected chi connectivity index (χ0v) is 13.9. The highest BCUT2D eigenvalue weighted by Gasteiger charge is 2.37. The maximum Gasteiger partial charge on any atom is 0.307 e. The van der Waals surface area contributed by atoms with Crippen LogP contribution in [-0.4, -0.2) is 28.4 Å². The van der Waals surface area contributed by atoms with E-state index >= 15 is 0 Å². The lowest BCUT2D eigenvalue weighted by molar-refractivity contribution is -0.152. The maximum atomic E-state index is 13.0. The molecule has 0 radical (unpaired) electrons. The van der Waals surface area contributed by atoms with E-state index in [1.807, 2.05) is 35.2 Å². The van der Waals surface area contributed by atoms with Gasteiger partial charge in [0.2, 0.25) is 5.91 Å². The number of carboxylic acids is 1. The van der Waals surface area contributed by atoms with Crippen LogP contribution in [0, 0.1) is 11.8 Å². The third-order valence-electron chi connectivity index (χ3n) is 4.71. The Morgan fingerprint density at radius 2 is 1.78 bits per heavy atom. The molecule has 0 unspecified atom stereocenters. The Bertz CT molecular complexity index is 515. The maximum absolute atomic E-state index is 13.0. The van der Waals surface area contributed by atoms with Crippen LogP contribution in [0.15, 0.2) is 30.3 Å². The van der Waals surface area contributed by atoms with Crippen LogP contribution < -0.4 is 0 Å². The second kappa shape index (κ2) is 8.70. The van der Waals surface area contributed by atoms with Gasteiger partial charge in [-0.3, -0.25) is 9.59 Å². The van der Waals surface area contributed by atoms with Gasteiger partial charge in [-0.1, -0.05) is 56.5 Å². The summed E-state index contributed by atoms with van der Waals surface area (Å²) in [4.78, 5) is 26.3. The molecule has 23 heavy (non-hydrogen) atoms. The van der Waals surface area contributed by atoms with E-state index in [1.165, 1.54) is 0 Å². The van der Waals surface area contributed by atoms with Gasteiger partial charge in [-0.25, -0.2) is 0 Å². The highest BCUT2D eigenvalue weighted by atomic mass is 16.4. The lowest BCUT2D eigenvalue weighted by atomic mass is 9.78. The fraction of sp³-hybridized carbons (Fsp3) is 0.579. The van der Waals surface area contributed by atoms with Crippen molar-refractivity contribution in [3.05, 3.63) is 35.9 Å². The Morgan fingerprint density at radius 1 is 1.13 bits per heavy atom. The molecule has 0 bridgehead atoms. The first-order valence-electron chi connectivity index (χ1n) is 8.69. The number of carbonyl (C=O) groups excluding carboxylic acids is 1. The summed E-state index contributed by atoms with van der Waals surface area (Å²) >= 11 is 0. The second-order valence-electron chi connectivity index (χ2n) is 6.43. The van der Waals surface area contributed by atoms with Crippen LogP contribution in [0.25, 0.3) is 0 Å². The van der Waals surface area contributed by atoms with E-state index in [1.54, 1.807) is 0 Å². The van der Waals surface area contributed by atoms with Crippen molar-refractivity contribution in [1.82, 2.24) is 4.90 Å². The van der Waals surface area contributed by atoms with E-state index in [-0.39, 0.29) is 11.8 Å². The number of carboxylic acid groups (broad SMARTS) is 1. The molecule has 1 aliphatic carbocycles. The third kappa shape index (κ3) is 4.81. The molecule has 0 aromatic heterocycles. The summed E-state index contributed by atoms with van der Waals surface area (Å²) in [6.45, 7) is 3.38. The van der Waals surface area contributed by atoms with Gasteiger partial charge in [0.25, 0.3) is 0 Å². The monoisotopic (exact) mass is 317 g/mol. The Labute approximate surface area is 138 Å². The van der Waals surface area contributed by atoms with Gasteiger partial charge in [0.05, 0.1) is 11.8 Å². The fourth-order valence-corrected chi connectivity index (χ4v) is 3.38. The predicted molar refractivity (Wildman–Crippen MR) is 89.9 cm³/mol. The van der Waals surface area contributed by atoms with E-state index in [2.05, 4.69) is 6.92 Å². The van der Waals surface area contributed by atoms with Crippen LogP contribution in [0.3, 0.4) is 0 Å². The van der Waals surface area contributed by atoms with Crippen molar-refractivity contribution in [3.8, 4) is 0 Å². The number of hydrogen-bond acceptors (Lipinski definition) is 2. The van der Waals surface area contributed by atoms with Crippen molar-refractivity contribution < 1.29 is 14.7 Å². The minimum absolute atomic E-state index is 0.0226. The SMILES string of the molecule is CCCCN(Cc1ccccc1)C(=O)[C@@H]1CCCC[C@H]1C(=O)O. The molecule has 1 aromatic carbocycles. The Balaban J connectivity index is 2.12. The fourth-order valence-electron chi connectivity index (χ4n) is 3.38. The molecule has 4 nitrogen and oxygen atoms in total. The minimum atomic E-state index is -0.821. The first kappa shape index (κ1) is 17.5. The summed E-state index contributed by atoms with van der Waals surface area (Å²) in [5.74, 6) is -1.68. The van der Waals surface area contributed by atoms with Gasteiger partial charge in [-0.2, -0.15) is 0 Å². The van der Waals surface area contributed by atoms with Gasteiger partial charge in [0, 0.05) is 13.1 Å². The van der Waals surface area contributed by atoms with Gasteiger partial charge < -0.3 is 10.0 Å². The summed E-state index contributed by atoms with van der Waals surface area (Å²) in [5.41, 5.74) is 1.10. The molecule has 0 aliphatic heterocycles. The van der Waals surface area contributed by atoms with Crippen LogP contribution in [-0.2, 0) is 16.1 Å². The highest BCUT2D eigenvalue weighted by molar-refractivity contribution is 5.85. The number of amides is 1. The van der Waals surface area contributed by atoms with Crippen LogP contribution >= 0.6 is 0 Å². The molecule has 0 spiro atoms. The Hall–Kier alpha value is -1.84. The van der Waals surface area contributed by atoms with Gasteiger partial charge in [-0.05, 0) is 24.8 Å². The standard InChI is InChI=1S/C19H27NO3/c1-2-3-13-20(14-15-9-5-4-6-10-15)18(21)16-11-7-8-12-17(16)19(22)23/h4-6,9-10,16-17H,2-3,7-8,11-14H2,1H3,(H,22,23)/t16-,17-/m1/s1. The number of rotatable bonds is 7. The molecule has 0 saturated heterocycles. The molecule has 1 fully saturated rings. The Kier molecular flexibility index (Phi) is 6.63. The van der Waals surface area contributed by atoms with E-state index in [0.29, 0.717) is 25.9 Å². The van der Waals surface area contributed by atoms with E-state index < -0.39 is 11.9 Å². The first-order valence-corrected chi connectivity index (χ1v) is 8.69. The number of unbranched alkanes of at least 4 members (excludes halogenated alkanes) is 1. The molecule has 4 heteroatoms. The van der Waals surface area contributed by atoms with E-state index in [9.17, 15) is 14.7 Å². The molecule has 2 atom stereocenters. The number of carbonyl (C=O) groups is 2. The summed E-state index contributed by atoms with van der Waals surface area (Å²) in [5, 5.41) is 9.43. The molecule has 1 saturated carbocycles. The zero-order chi connectivity index (χ0) is 16.7. The average Bonchev–Trinajstić information content (AvgIpc) is 2.58. The van der Waals surface area contributed by atoms with Crippen LogP contribution in [0.2, 0.25) is 0 Å². The zero-order valence-electron chi connectivity index (χ0n) is 13.9. The average molecular weight is 317 g/mol. The van der Waals surface area contributed by atoms with Crippen molar-refractivity contribution in [2.24, 2.45) is 11.8 Å². The van der Waals surface area contributed by atoms with E-state index in [0.717, 1.165) is 31.2 Å². The van der Waals surface area contributed by atoms with Gasteiger partial charge in [-0.15, -0.1) is 0 Å². The highest BCUT2D eigenvalue weighted by Crippen LogP contribution is 2.32. The van der Waals surface area contributed by atoms with Gasteiger partial charge >= 0.3 is 5.97 Å². The normalized spacial score (nSPS) is 20.9. The summed E-state index contributed by atoms with van der Waals surface area (Å²) in [6, 6.07) is 9.93. The number of aliphatic carboxylic acids is 1. The van der Waals surface area contributed by atoms with Crippen molar-refractivity contribution in [2.75, 3.05) is 6.54 Å². The summed E-state index contributed by atoms with van der Waals surface area (Å²) in [7, 11) is 0. The molecule has 1 N–H and O–H groups in total. The second-order valence-corrected chi connectivity index (χ2v) is 6.43. The molecule has 1 amide bonds. The molecule has 1 aromatic rings. The van der Waals surface area contributed by atoms with Crippen molar-refractivity contribution in [3.63, 3.8) is 0 Å². The predicted octanol–water partition coefficient (Wildman–Crippen LogP) is 3.71. The smallest absolute Gasteiger partial charge is 0.307 e. The van der Waals surface area contributed by atoms with Crippen molar-refractivity contribution in [2.45, 2.75) is 52.0 Å². The quantitative estimate of drug-likeness (QED) is 0.834. The molecule has 1 aliphatic rings. The first-order chi connectivity index (χ1) is 11.1. The summed E-state index contributed by atoms with van der Waals surface area (Å²) in [6.07, 6.45) is 5.15. The topological polar surface area (TPSA) is 57.6 Å². The van der Waals surface area contributed by atoms with Crippen molar-refractivity contribution in [1.29, 1.82) is 0 Å². The van der Waals surface area contributed by atoms with Crippen molar-refractivity contribution >= 4 is 11.9 Å². The largest absolute Gasteiger partial charge is 0.481 e.